The van der Waals surface area contributed by atoms with Crippen LogP contribution in [0.15, 0.2) is 12.4 Å². The fraction of sp³-hybridized carbons (Fsp3) is 0.444. The molecule has 0 saturated carbocycles. The van der Waals surface area contributed by atoms with Gasteiger partial charge in [0, 0.05) is 13.1 Å². The number of aromatic nitrogens is 2. The number of carbonyl (C=O) groups excluding carboxylic acids is 1. The van der Waals surface area contributed by atoms with Crippen molar-refractivity contribution in [2.75, 3.05) is 18.0 Å². The number of anilines is 1. The lowest BCUT2D eigenvalue weighted by Crippen LogP contribution is -2.21. The number of nitrogens with two attached hydrogens (primary N) is 1. The van der Waals surface area contributed by atoms with E-state index in [4.69, 9.17) is 5.73 Å². The molecule has 0 unspecified atom stereocenters. The third kappa shape index (κ3) is 1.66. The molecule has 74 valence electrons. The van der Waals surface area contributed by atoms with E-state index in [1.165, 1.54) is 19.0 Å². The molecule has 0 aliphatic carbocycles. The van der Waals surface area contributed by atoms with Crippen LogP contribution in [0.3, 0.4) is 0 Å². The van der Waals surface area contributed by atoms with Gasteiger partial charge in [0.2, 0.25) is 0 Å². The maximum atomic E-state index is 10.9. The first-order valence-electron chi connectivity index (χ1n) is 4.64. The molecule has 1 aromatic rings. The van der Waals surface area contributed by atoms with Crippen LogP contribution >= 0.6 is 0 Å². The summed E-state index contributed by atoms with van der Waals surface area (Å²) in [6, 6.07) is 0. The van der Waals surface area contributed by atoms with Crippen molar-refractivity contribution >= 4 is 11.7 Å². The molecule has 1 amide bonds. The summed E-state index contributed by atoms with van der Waals surface area (Å²) in [5, 5.41) is 0. The second kappa shape index (κ2) is 3.61. The van der Waals surface area contributed by atoms with Gasteiger partial charge in [-0.2, -0.15) is 0 Å². The normalized spacial score (nSPS) is 15.9. The fourth-order valence-corrected chi connectivity index (χ4v) is 1.57. The Bertz CT molecular complexity index is 346. The predicted molar refractivity (Wildman–Crippen MR) is 52.0 cm³/mol. The molecule has 5 heteroatoms. The van der Waals surface area contributed by atoms with Crippen LogP contribution < -0.4 is 10.6 Å². The lowest BCUT2D eigenvalue weighted by atomic mass is 10.4. The highest BCUT2D eigenvalue weighted by Gasteiger charge is 2.14. The van der Waals surface area contributed by atoms with E-state index in [2.05, 4.69) is 14.9 Å². The van der Waals surface area contributed by atoms with Crippen LogP contribution in [0.4, 0.5) is 5.82 Å². The van der Waals surface area contributed by atoms with E-state index in [-0.39, 0.29) is 5.69 Å². The maximum Gasteiger partial charge on any atom is 0.268 e. The Hall–Kier alpha value is -1.65. The summed E-state index contributed by atoms with van der Waals surface area (Å²) in [5.41, 5.74) is 5.35. The average molecular weight is 192 g/mol. The topological polar surface area (TPSA) is 72.1 Å². The second-order valence-corrected chi connectivity index (χ2v) is 3.32. The molecule has 14 heavy (non-hydrogen) atoms. The van der Waals surface area contributed by atoms with E-state index >= 15 is 0 Å². The highest BCUT2D eigenvalue weighted by molar-refractivity contribution is 5.90. The Kier molecular flexibility index (Phi) is 2.30. The molecule has 5 nitrogen and oxygen atoms in total. The largest absolute Gasteiger partial charge is 0.364 e. The van der Waals surface area contributed by atoms with Crippen LogP contribution in [0, 0.1) is 0 Å². The number of carbonyl (C=O) groups is 1. The molecular weight excluding hydrogens is 180 g/mol. The van der Waals surface area contributed by atoms with E-state index in [0.29, 0.717) is 0 Å². The SMILES string of the molecule is NC(=O)c1cncc(N2CCCC2)n1. The summed E-state index contributed by atoms with van der Waals surface area (Å²) >= 11 is 0. The molecule has 0 aromatic carbocycles. The molecule has 0 bridgehead atoms. The third-order valence-electron chi connectivity index (χ3n) is 2.30. The van der Waals surface area contributed by atoms with Crippen LogP contribution in [-0.4, -0.2) is 29.0 Å². The lowest BCUT2D eigenvalue weighted by molar-refractivity contribution is 0.0995. The van der Waals surface area contributed by atoms with Crippen molar-refractivity contribution in [2.45, 2.75) is 12.8 Å². The van der Waals surface area contributed by atoms with Gasteiger partial charge in [0.25, 0.3) is 5.91 Å². The zero-order chi connectivity index (χ0) is 9.97. The smallest absolute Gasteiger partial charge is 0.268 e. The van der Waals surface area contributed by atoms with Gasteiger partial charge < -0.3 is 10.6 Å². The van der Waals surface area contributed by atoms with Crippen LogP contribution in [0.2, 0.25) is 0 Å². The van der Waals surface area contributed by atoms with Crippen molar-refractivity contribution in [2.24, 2.45) is 5.73 Å². The van der Waals surface area contributed by atoms with E-state index in [1.807, 2.05) is 0 Å². The number of rotatable bonds is 2. The number of primary amides is 1. The number of hydrogen-bond donors (Lipinski definition) is 1. The summed E-state index contributed by atoms with van der Waals surface area (Å²) in [4.78, 5) is 21.1. The molecule has 1 saturated heterocycles. The second-order valence-electron chi connectivity index (χ2n) is 3.32. The maximum absolute atomic E-state index is 10.9. The van der Waals surface area contributed by atoms with Gasteiger partial charge in [-0.15, -0.1) is 0 Å². The summed E-state index contributed by atoms with van der Waals surface area (Å²) < 4.78 is 0. The average Bonchev–Trinajstić information content (AvgIpc) is 2.71. The van der Waals surface area contributed by atoms with Gasteiger partial charge >= 0.3 is 0 Å². The number of amides is 1. The highest BCUT2D eigenvalue weighted by atomic mass is 16.1. The quantitative estimate of drug-likeness (QED) is 0.725. The van der Waals surface area contributed by atoms with Gasteiger partial charge in [-0.05, 0) is 12.8 Å². The first kappa shape index (κ1) is 8.93. The lowest BCUT2D eigenvalue weighted by Gasteiger charge is -2.15. The molecule has 1 aromatic heterocycles. The minimum absolute atomic E-state index is 0.231. The standard InChI is InChI=1S/C9H12N4O/c10-9(14)7-5-11-6-8(12-7)13-3-1-2-4-13/h5-6H,1-4H2,(H2,10,14). The van der Waals surface area contributed by atoms with Crippen molar-refractivity contribution in [3.8, 4) is 0 Å². The zero-order valence-electron chi connectivity index (χ0n) is 7.81. The molecule has 0 spiro atoms. The highest BCUT2D eigenvalue weighted by Crippen LogP contribution is 2.16. The van der Waals surface area contributed by atoms with Crippen molar-refractivity contribution in [3.05, 3.63) is 18.1 Å². The Balaban J connectivity index is 2.25. The molecule has 0 atom stereocenters. The first-order valence-corrected chi connectivity index (χ1v) is 4.64. The fourth-order valence-electron chi connectivity index (χ4n) is 1.57. The zero-order valence-corrected chi connectivity index (χ0v) is 7.81. The first-order chi connectivity index (χ1) is 6.77. The van der Waals surface area contributed by atoms with E-state index in [1.54, 1.807) is 6.20 Å². The Morgan fingerprint density at radius 1 is 1.36 bits per heavy atom. The number of nitrogens with zero attached hydrogens (tertiary/aromatic N) is 3. The van der Waals surface area contributed by atoms with E-state index in [0.717, 1.165) is 18.9 Å². The van der Waals surface area contributed by atoms with Crippen LogP contribution in [0.5, 0.6) is 0 Å². The van der Waals surface area contributed by atoms with Gasteiger partial charge in [0.05, 0.1) is 12.4 Å². The summed E-state index contributed by atoms with van der Waals surface area (Å²) in [5.74, 6) is 0.220. The minimum atomic E-state index is -0.529. The Morgan fingerprint density at radius 3 is 2.71 bits per heavy atom. The van der Waals surface area contributed by atoms with Crippen molar-refractivity contribution < 1.29 is 4.79 Å². The molecule has 2 heterocycles. The predicted octanol–water partition coefficient (Wildman–Crippen LogP) is 0.176. The van der Waals surface area contributed by atoms with Crippen LogP contribution in [-0.2, 0) is 0 Å². The van der Waals surface area contributed by atoms with Gasteiger partial charge in [-0.1, -0.05) is 0 Å². The van der Waals surface area contributed by atoms with E-state index in [9.17, 15) is 4.79 Å². The van der Waals surface area contributed by atoms with Gasteiger partial charge in [-0.25, -0.2) is 4.98 Å². The van der Waals surface area contributed by atoms with Crippen molar-refractivity contribution in [1.82, 2.24) is 9.97 Å². The van der Waals surface area contributed by atoms with Crippen LogP contribution in [0.25, 0.3) is 0 Å². The van der Waals surface area contributed by atoms with Crippen molar-refractivity contribution in [3.63, 3.8) is 0 Å². The molecule has 2 rings (SSSR count). The summed E-state index contributed by atoms with van der Waals surface area (Å²) in [6.07, 6.45) is 5.39. The summed E-state index contributed by atoms with van der Waals surface area (Å²) in [6.45, 7) is 1.97. The third-order valence-corrected chi connectivity index (χ3v) is 2.30. The van der Waals surface area contributed by atoms with Crippen LogP contribution in [0.1, 0.15) is 23.3 Å². The van der Waals surface area contributed by atoms with Gasteiger partial charge in [0.1, 0.15) is 11.5 Å². The Labute approximate surface area is 82.0 Å². The monoisotopic (exact) mass is 192 g/mol. The number of hydrogen-bond acceptors (Lipinski definition) is 4. The van der Waals surface area contributed by atoms with Gasteiger partial charge in [-0.3, -0.25) is 9.78 Å². The molecule has 1 fully saturated rings. The summed E-state index contributed by atoms with van der Waals surface area (Å²) in [7, 11) is 0. The Morgan fingerprint density at radius 2 is 2.07 bits per heavy atom. The molecule has 1 aliphatic rings. The molecular formula is C9H12N4O. The van der Waals surface area contributed by atoms with E-state index < -0.39 is 5.91 Å². The molecule has 2 N–H and O–H groups in total. The van der Waals surface area contributed by atoms with Crippen molar-refractivity contribution in [1.29, 1.82) is 0 Å². The molecule has 1 aliphatic heterocycles. The van der Waals surface area contributed by atoms with Gasteiger partial charge in [0.15, 0.2) is 0 Å². The minimum Gasteiger partial charge on any atom is -0.364 e. The molecule has 0 radical (unpaired) electrons.